The van der Waals surface area contributed by atoms with Crippen molar-refractivity contribution in [2.75, 3.05) is 19.8 Å². The van der Waals surface area contributed by atoms with Crippen LogP contribution in [-0.4, -0.2) is 77.0 Å². The van der Waals surface area contributed by atoms with E-state index in [2.05, 4.69) is 15.6 Å². The van der Waals surface area contributed by atoms with Gasteiger partial charge >= 0.3 is 11.9 Å². The first kappa shape index (κ1) is 31.1. The molecule has 2 aromatic carbocycles. The van der Waals surface area contributed by atoms with Gasteiger partial charge in [-0.25, -0.2) is 27.4 Å². The molecule has 1 unspecified atom stereocenters. The van der Waals surface area contributed by atoms with Gasteiger partial charge in [0, 0.05) is 17.5 Å². The SMILES string of the molecule is CCOC(=O)C(NC(=O)[C@H]1C[C@@H](n2cc(-c3cc(F)c(F)c(F)c3)nn2)[C@H]2OC(c3ccccc3)OC[C@H]2O1)C(=O)OCC. The zero-order chi connectivity index (χ0) is 31.4. The van der Waals surface area contributed by atoms with Crippen LogP contribution >= 0.6 is 0 Å². The molecule has 234 valence electrons. The number of nitrogens with one attached hydrogen (secondary N) is 1. The molecule has 2 aliphatic heterocycles. The van der Waals surface area contributed by atoms with Crippen molar-refractivity contribution >= 4 is 17.8 Å². The number of aromatic nitrogens is 3. The standard InChI is InChI=1S/C29H29F3N4O8/c1-3-40-27(38)24(28(39)41-4-2)33-26(37)21-12-20(25-22(43-21)14-42-29(44-25)15-8-6-5-7-9-15)36-13-19(34-35-36)16-10-17(30)23(32)18(31)11-16/h5-11,13,20-22,24-25,29H,3-4,12,14H2,1-2H3,(H,33,37)/t20-,21-,22-,25-,29?/m1/s1. The summed E-state index contributed by atoms with van der Waals surface area (Å²) in [5.41, 5.74) is 0.698. The summed E-state index contributed by atoms with van der Waals surface area (Å²) in [5, 5.41) is 10.5. The van der Waals surface area contributed by atoms with Gasteiger partial charge in [-0.1, -0.05) is 35.5 Å². The summed E-state index contributed by atoms with van der Waals surface area (Å²) >= 11 is 0. The Morgan fingerprint density at radius 3 is 2.32 bits per heavy atom. The molecular weight excluding hydrogens is 589 g/mol. The largest absolute Gasteiger partial charge is 0.464 e. The lowest BCUT2D eigenvalue weighted by atomic mass is 9.93. The summed E-state index contributed by atoms with van der Waals surface area (Å²) < 4.78 is 70.8. The number of amides is 1. The van der Waals surface area contributed by atoms with E-state index in [-0.39, 0.29) is 37.5 Å². The summed E-state index contributed by atoms with van der Waals surface area (Å²) in [4.78, 5) is 38.3. The van der Waals surface area contributed by atoms with Gasteiger partial charge in [0.25, 0.3) is 0 Å². The van der Waals surface area contributed by atoms with Gasteiger partial charge in [-0.05, 0) is 26.0 Å². The third kappa shape index (κ3) is 6.59. The zero-order valence-corrected chi connectivity index (χ0v) is 23.7. The molecule has 1 amide bonds. The van der Waals surface area contributed by atoms with Crippen LogP contribution in [0.1, 0.15) is 38.2 Å². The average Bonchev–Trinajstić information content (AvgIpc) is 3.52. The number of hydrogen-bond acceptors (Lipinski definition) is 10. The Morgan fingerprint density at radius 1 is 1.02 bits per heavy atom. The van der Waals surface area contributed by atoms with Crippen molar-refractivity contribution in [1.82, 2.24) is 20.3 Å². The van der Waals surface area contributed by atoms with Gasteiger partial charge in [-0.3, -0.25) is 4.79 Å². The number of esters is 2. The predicted octanol–water partition coefficient (Wildman–Crippen LogP) is 2.79. The van der Waals surface area contributed by atoms with Crippen LogP contribution in [0.4, 0.5) is 13.2 Å². The molecule has 0 saturated carbocycles. The Balaban J connectivity index is 1.43. The van der Waals surface area contributed by atoms with Crippen molar-refractivity contribution in [3.8, 4) is 11.3 Å². The minimum Gasteiger partial charge on any atom is -0.464 e. The van der Waals surface area contributed by atoms with Crippen LogP contribution < -0.4 is 5.32 Å². The Bertz CT molecular complexity index is 1470. The van der Waals surface area contributed by atoms with Crippen molar-refractivity contribution < 1.29 is 51.2 Å². The molecule has 0 aliphatic carbocycles. The number of carbonyl (C=O) groups is 3. The fourth-order valence-electron chi connectivity index (χ4n) is 5.01. The Hall–Kier alpha value is -4.34. The molecule has 3 heterocycles. The van der Waals surface area contributed by atoms with Crippen molar-refractivity contribution in [2.45, 2.75) is 57.0 Å². The molecule has 0 radical (unpaired) electrons. The Kier molecular flexibility index (Phi) is 9.56. The number of carbonyl (C=O) groups excluding carboxylic acids is 3. The average molecular weight is 619 g/mol. The van der Waals surface area contributed by atoms with Crippen LogP contribution in [0.3, 0.4) is 0 Å². The lowest BCUT2D eigenvalue weighted by Crippen LogP contribution is -2.58. The fourth-order valence-corrected chi connectivity index (χ4v) is 5.01. The van der Waals surface area contributed by atoms with E-state index < -0.39 is 72.0 Å². The van der Waals surface area contributed by atoms with Gasteiger partial charge in [0.1, 0.15) is 24.0 Å². The first-order valence-electron chi connectivity index (χ1n) is 13.9. The van der Waals surface area contributed by atoms with Gasteiger partial charge in [-0.2, -0.15) is 0 Å². The van der Waals surface area contributed by atoms with Crippen LogP contribution in [0.15, 0.2) is 48.7 Å². The highest BCUT2D eigenvalue weighted by molar-refractivity contribution is 6.03. The predicted molar refractivity (Wildman–Crippen MR) is 143 cm³/mol. The van der Waals surface area contributed by atoms with Gasteiger partial charge in [0.2, 0.25) is 11.9 Å². The van der Waals surface area contributed by atoms with Crippen molar-refractivity contribution in [3.63, 3.8) is 0 Å². The first-order chi connectivity index (χ1) is 21.2. The van der Waals surface area contributed by atoms with Gasteiger partial charge in [0.15, 0.2) is 23.7 Å². The van der Waals surface area contributed by atoms with E-state index in [1.807, 2.05) is 30.3 Å². The zero-order valence-electron chi connectivity index (χ0n) is 23.7. The summed E-state index contributed by atoms with van der Waals surface area (Å²) in [7, 11) is 0. The number of benzene rings is 2. The maximum absolute atomic E-state index is 13.9. The van der Waals surface area contributed by atoms with Crippen molar-refractivity contribution in [3.05, 3.63) is 71.7 Å². The number of nitrogens with zero attached hydrogens (tertiary/aromatic N) is 3. The van der Waals surface area contributed by atoms with E-state index in [9.17, 15) is 27.6 Å². The van der Waals surface area contributed by atoms with E-state index >= 15 is 0 Å². The van der Waals surface area contributed by atoms with E-state index in [1.165, 1.54) is 10.9 Å². The molecule has 5 atom stereocenters. The normalized spacial score (nSPS) is 23.1. The molecule has 5 rings (SSSR count). The smallest absolute Gasteiger partial charge is 0.340 e. The monoisotopic (exact) mass is 618 g/mol. The fraction of sp³-hybridized carbons (Fsp3) is 0.414. The molecule has 0 spiro atoms. The molecule has 12 nitrogen and oxygen atoms in total. The quantitative estimate of drug-likeness (QED) is 0.216. The van der Waals surface area contributed by atoms with Crippen molar-refractivity contribution in [1.29, 1.82) is 0 Å². The second kappa shape index (κ2) is 13.5. The maximum Gasteiger partial charge on any atom is 0.340 e. The lowest BCUT2D eigenvalue weighted by molar-refractivity contribution is -0.297. The number of fused-ring (bicyclic) bond motifs is 1. The number of rotatable bonds is 9. The van der Waals surface area contributed by atoms with Gasteiger partial charge in [-0.15, -0.1) is 5.10 Å². The summed E-state index contributed by atoms with van der Waals surface area (Å²) in [6.45, 7) is 3.02. The summed E-state index contributed by atoms with van der Waals surface area (Å²) in [6, 6.07) is 8.20. The highest BCUT2D eigenvalue weighted by Gasteiger charge is 2.48. The highest BCUT2D eigenvalue weighted by Crippen LogP contribution is 2.39. The van der Waals surface area contributed by atoms with Crippen LogP contribution in [0.2, 0.25) is 0 Å². The lowest BCUT2D eigenvalue weighted by Gasteiger charge is -2.45. The van der Waals surface area contributed by atoms with Gasteiger partial charge in [0.05, 0.1) is 32.1 Å². The minimum absolute atomic E-state index is 0.000369. The van der Waals surface area contributed by atoms with Crippen LogP contribution in [0, 0.1) is 17.5 Å². The van der Waals surface area contributed by atoms with E-state index in [1.54, 1.807) is 13.8 Å². The third-order valence-electron chi connectivity index (χ3n) is 7.06. The molecule has 2 saturated heterocycles. The number of hydrogen-bond donors (Lipinski definition) is 1. The second-order valence-electron chi connectivity index (χ2n) is 9.93. The molecule has 44 heavy (non-hydrogen) atoms. The molecule has 1 N–H and O–H groups in total. The van der Waals surface area contributed by atoms with E-state index in [0.29, 0.717) is 0 Å². The minimum atomic E-state index is -1.73. The molecule has 2 aliphatic rings. The van der Waals surface area contributed by atoms with Gasteiger partial charge < -0.3 is 29.0 Å². The summed E-state index contributed by atoms with van der Waals surface area (Å²) in [6.07, 6.45) is -2.29. The van der Waals surface area contributed by atoms with Crippen molar-refractivity contribution in [2.24, 2.45) is 0 Å². The molecule has 15 heteroatoms. The molecule has 0 bridgehead atoms. The van der Waals surface area contributed by atoms with E-state index in [4.69, 9.17) is 23.7 Å². The molecular formula is C29H29F3N4O8. The summed E-state index contributed by atoms with van der Waals surface area (Å²) in [5.74, 6) is -7.22. The van der Waals surface area contributed by atoms with Crippen LogP contribution in [-0.2, 0) is 38.1 Å². The van der Waals surface area contributed by atoms with E-state index in [0.717, 1.165) is 17.7 Å². The van der Waals surface area contributed by atoms with Crippen LogP contribution in [0.5, 0.6) is 0 Å². The topological polar surface area (TPSA) is 140 Å². The molecule has 2 fully saturated rings. The number of ether oxygens (including phenoxy) is 5. The third-order valence-corrected chi connectivity index (χ3v) is 7.06. The Morgan fingerprint density at radius 2 is 1.68 bits per heavy atom. The first-order valence-corrected chi connectivity index (χ1v) is 13.9. The highest BCUT2D eigenvalue weighted by atomic mass is 19.2. The second-order valence-corrected chi connectivity index (χ2v) is 9.93. The molecule has 1 aromatic heterocycles. The molecule has 3 aromatic rings. The Labute approximate surface area is 249 Å². The van der Waals surface area contributed by atoms with Crippen LogP contribution in [0.25, 0.3) is 11.3 Å². The maximum atomic E-state index is 13.9. The number of halogens is 3.